The van der Waals surface area contributed by atoms with Crippen LogP contribution in [0.3, 0.4) is 0 Å². The van der Waals surface area contributed by atoms with Gasteiger partial charge in [-0.1, -0.05) is 0 Å². The summed E-state index contributed by atoms with van der Waals surface area (Å²) in [6.07, 6.45) is -4.34. The Balaban J connectivity index is 2.69. The van der Waals surface area contributed by atoms with Crippen LogP contribution in [0.2, 0.25) is 0 Å². The van der Waals surface area contributed by atoms with Crippen LogP contribution in [0.15, 0.2) is 0 Å². The Hall–Kier alpha value is -0.760. The highest BCUT2D eigenvalue weighted by Crippen LogP contribution is 2.41. The van der Waals surface area contributed by atoms with Gasteiger partial charge in [-0.3, -0.25) is 0 Å². The van der Waals surface area contributed by atoms with Gasteiger partial charge < -0.3 is 5.11 Å². The Morgan fingerprint density at radius 3 is 2.54 bits per heavy atom. The van der Waals surface area contributed by atoms with E-state index >= 15 is 0 Å². The van der Waals surface area contributed by atoms with Crippen molar-refractivity contribution in [1.29, 1.82) is 5.26 Å². The van der Waals surface area contributed by atoms with Gasteiger partial charge in [0.15, 0.2) is 5.60 Å². The summed E-state index contributed by atoms with van der Waals surface area (Å²) < 4.78 is 36.6. The van der Waals surface area contributed by atoms with Gasteiger partial charge in [-0.25, -0.2) is 0 Å². The predicted molar refractivity (Wildman–Crippen MR) is 38.6 cm³/mol. The molecule has 0 radical (unpaired) electrons. The van der Waals surface area contributed by atoms with Crippen LogP contribution in [0.4, 0.5) is 13.2 Å². The third-order valence-electron chi connectivity index (χ3n) is 2.40. The van der Waals surface area contributed by atoms with Gasteiger partial charge in [0.05, 0.1) is 12.0 Å². The Bertz CT molecular complexity index is 233. The molecule has 1 aliphatic rings. The Kier molecular flexibility index (Phi) is 2.53. The number of alkyl halides is 3. The molecule has 1 aliphatic carbocycles. The van der Waals surface area contributed by atoms with Gasteiger partial charge in [0, 0.05) is 6.42 Å². The molecular weight excluding hydrogens is 183 g/mol. The molecule has 0 saturated heterocycles. The van der Waals surface area contributed by atoms with Gasteiger partial charge in [0.1, 0.15) is 0 Å². The van der Waals surface area contributed by atoms with E-state index in [9.17, 15) is 18.3 Å². The molecule has 0 heterocycles. The highest BCUT2D eigenvalue weighted by molar-refractivity contribution is 5.04. The SMILES string of the molecule is N#CC1(O)CCCC(C(F)(F)F)C1. The van der Waals surface area contributed by atoms with Crippen molar-refractivity contribution in [3.8, 4) is 6.07 Å². The average Bonchev–Trinajstić information content (AvgIpc) is 2.03. The van der Waals surface area contributed by atoms with Crippen LogP contribution in [0, 0.1) is 17.2 Å². The highest BCUT2D eigenvalue weighted by Gasteiger charge is 2.47. The lowest BCUT2D eigenvalue weighted by Gasteiger charge is -2.32. The molecule has 0 bridgehead atoms. The summed E-state index contributed by atoms with van der Waals surface area (Å²) >= 11 is 0. The first kappa shape index (κ1) is 10.3. The summed E-state index contributed by atoms with van der Waals surface area (Å²) in [7, 11) is 0. The second kappa shape index (κ2) is 3.18. The van der Waals surface area contributed by atoms with Crippen LogP contribution in [0.1, 0.15) is 25.7 Å². The van der Waals surface area contributed by atoms with Gasteiger partial charge in [-0.15, -0.1) is 0 Å². The van der Waals surface area contributed by atoms with E-state index in [2.05, 4.69) is 0 Å². The maximum absolute atomic E-state index is 12.2. The minimum atomic E-state index is -4.29. The summed E-state index contributed by atoms with van der Waals surface area (Å²) in [4.78, 5) is 0. The van der Waals surface area contributed by atoms with Crippen molar-refractivity contribution in [3.63, 3.8) is 0 Å². The van der Waals surface area contributed by atoms with E-state index < -0.39 is 24.1 Å². The van der Waals surface area contributed by atoms with E-state index in [0.29, 0.717) is 0 Å². The zero-order valence-corrected chi connectivity index (χ0v) is 6.93. The second-order valence-corrected chi connectivity index (χ2v) is 3.48. The summed E-state index contributed by atoms with van der Waals surface area (Å²) in [5.74, 6) is -1.52. The zero-order chi connectivity index (χ0) is 10.1. The Morgan fingerprint density at radius 2 is 2.08 bits per heavy atom. The van der Waals surface area contributed by atoms with Gasteiger partial charge >= 0.3 is 6.18 Å². The number of aliphatic hydroxyl groups is 1. The molecule has 0 aliphatic heterocycles. The van der Waals surface area contributed by atoms with Crippen LogP contribution < -0.4 is 0 Å². The molecule has 0 aromatic heterocycles. The molecule has 74 valence electrons. The smallest absolute Gasteiger partial charge is 0.375 e. The fraction of sp³-hybridized carbons (Fsp3) is 0.875. The van der Waals surface area contributed by atoms with Crippen molar-refractivity contribution >= 4 is 0 Å². The quantitative estimate of drug-likeness (QED) is 0.598. The van der Waals surface area contributed by atoms with E-state index in [1.165, 1.54) is 6.07 Å². The van der Waals surface area contributed by atoms with Gasteiger partial charge in [0.2, 0.25) is 0 Å². The van der Waals surface area contributed by atoms with Crippen molar-refractivity contribution in [2.45, 2.75) is 37.5 Å². The minimum Gasteiger partial charge on any atom is -0.375 e. The topological polar surface area (TPSA) is 44.0 Å². The number of hydrogen-bond donors (Lipinski definition) is 1. The molecule has 2 unspecified atom stereocenters. The molecule has 13 heavy (non-hydrogen) atoms. The van der Waals surface area contributed by atoms with Crippen LogP contribution in [-0.2, 0) is 0 Å². The Labute approximate surface area is 74.0 Å². The molecule has 1 saturated carbocycles. The molecule has 0 aromatic rings. The molecule has 0 aromatic carbocycles. The van der Waals surface area contributed by atoms with Crippen molar-refractivity contribution < 1.29 is 18.3 Å². The summed E-state index contributed by atoms with van der Waals surface area (Å²) in [6.45, 7) is 0. The van der Waals surface area contributed by atoms with E-state index in [-0.39, 0.29) is 19.3 Å². The number of hydrogen-bond acceptors (Lipinski definition) is 2. The lowest BCUT2D eigenvalue weighted by Crippen LogP contribution is -2.39. The highest BCUT2D eigenvalue weighted by atomic mass is 19.4. The van der Waals surface area contributed by atoms with Crippen LogP contribution in [0.5, 0.6) is 0 Å². The first-order valence-electron chi connectivity index (χ1n) is 4.08. The van der Waals surface area contributed by atoms with Gasteiger partial charge in [-0.05, 0) is 19.3 Å². The standard InChI is InChI=1S/C8H10F3NO/c9-8(10,11)6-2-1-3-7(13,4-6)5-12/h6,13H,1-4H2. The first-order chi connectivity index (χ1) is 5.87. The molecule has 1 fully saturated rings. The van der Waals surface area contributed by atoms with E-state index in [0.717, 1.165) is 0 Å². The second-order valence-electron chi connectivity index (χ2n) is 3.48. The molecular formula is C8H10F3NO. The summed E-state index contributed by atoms with van der Waals surface area (Å²) in [5, 5.41) is 17.8. The molecule has 0 amide bonds. The monoisotopic (exact) mass is 193 g/mol. The van der Waals surface area contributed by atoms with Gasteiger partial charge in [0.25, 0.3) is 0 Å². The van der Waals surface area contributed by atoms with Crippen molar-refractivity contribution in [2.24, 2.45) is 5.92 Å². The fourth-order valence-electron chi connectivity index (χ4n) is 1.63. The molecule has 2 atom stereocenters. The number of nitriles is 1. The van der Waals surface area contributed by atoms with E-state index in [1.54, 1.807) is 0 Å². The van der Waals surface area contributed by atoms with Crippen molar-refractivity contribution in [2.75, 3.05) is 0 Å². The molecule has 2 nitrogen and oxygen atoms in total. The summed E-state index contributed by atoms with van der Waals surface area (Å²) in [5.41, 5.74) is -1.77. The van der Waals surface area contributed by atoms with Crippen molar-refractivity contribution in [3.05, 3.63) is 0 Å². The number of halogens is 3. The number of rotatable bonds is 0. The molecule has 5 heteroatoms. The van der Waals surface area contributed by atoms with E-state index in [4.69, 9.17) is 5.26 Å². The zero-order valence-electron chi connectivity index (χ0n) is 6.93. The minimum absolute atomic E-state index is 0.0213. The van der Waals surface area contributed by atoms with Crippen molar-refractivity contribution in [1.82, 2.24) is 0 Å². The fourth-order valence-corrected chi connectivity index (χ4v) is 1.63. The van der Waals surface area contributed by atoms with Crippen LogP contribution in [0.25, 0.3) is 0 Å². The third-order valence-corrected chi connectivity index (χ3v) is 2.40. The van der Waals surface area contributed by atoms with E-state index in [1.807, 2.05) is 0 Å². The lowest BCUT2D eigenvalue weighted by molar-refractivity contribution is -0.194. The largest absolute Gasteiger partial charge is 0.391 e. The third kappa shape index (κ3) is 2.34. The van der Waals surface area contributed by atoms with Crippen LogP contribution in [-0.4, -0.2) is 16.9 Å². The first-order valence-corrected chi connectivity index (χ1v) is 4.08. The predicted octanol–water partition coefficient (Wildman–Crippen LogP) is 1.99. The molecule has 1 N–H and O–H groups in total. The lowest BCUT2D eigenvalue weighted by atomic mass is 9.78. The van der Waals surface area contributed by atoms with Crippen LogP contribution >= 0.6 is 0 Å². The van der Waals surface area contributed by atoms with Gasteiger partial charge in [-0.2, -0.15) is 18.4 Å². The number of nitrogens with zero attached hydrogens (tertiary/aromatic N) is 1. The molecule has 1 rings (SSSR count). The maximum atomic E-state index is 12.2. The Morgan fingerprint density at radius 1 is 1.46 bits per heavy atom. The molecule has 0 spiro atoms. The summed E-state index contributed by atoms with van der Waals surface area (Å²) in [6, 6.07) is 1.54. The maximum Gasteiger partial charge on any atom is 0.391 e. The average molecular weight is 193 g/mol. The normalized spacial score (nSPS) is 35.5.